The summed E-state index contributed by atoms with van der Waals surface area (Å²) in [6, 6.07) is 16.8. The highest BCUT2D eigenvalue weighted by Gasteiger charge is 2.52. The molecule has 5 heterocycles. The molecule has 0 saturated heterocycles. The molecular weight excluding hydrogens is 772 g/mol. The maximum atomic E-state index is 14.1. The van der Waals surface area contributed by atoms with Gasteiger partial charge in [-0.2, -0.15) is 13.2 Å². The third-order valence-corrected chi connectivity index (χ3v) is 10.7. The maximum Gasteiger partial charge on any atom is 0.431 e. The highest BCUT2D eigenvalue weighted by molar-refractivity contribution is 5.44. The molecule has 0 amide bonds. The molecule has 14 heteroatoms. The minimum Gasteiger partial charge on any atom is -0.485 e. The minimum atomic E-state index is -4.78. The lowest BCUT2D eigenvalue weighted by atomic mass is 10.0. The van der Waals surface area contributed by atoms with E-state index >= 15 is 0 Å². The van der Waals surface area contributed by atoms with Gasteiger partial charge in [-0.15, -0.1) is 0 Å². The third-order valence-electron chi connectivity index (χ3n) is 10.7. The number of hydrogen-bond donors (Lipinski definition) is 0. The largest absolute Gasteiger partial charge is 0.485 e. The van der Waals surface area contributed by atoms with E-state index in [0.29, 0.717) is 33.5 Å². The van der Waals surface area contributed by atoms with Gasteiger partial charge in [0.15, 0.2) is 11.6 Å². The fourth-order valence-corrected chi connectivity index (χ4v) is 7.21. The van der Waals surface area contributed by atoms with Gasteiger partial charge in [0.05, 0.1) is 18.3 Å². The highest BCUT2D eigenvalue weighted by atomic mass is 19.4. The van der Waals surface area contributed by atoms with E-state index in [9.17, 15) is 22.8 Å². The zero-order chi connectivity index (χ0) is 41.8. The maximum absolute atomic E-state index is 14.1. The second-order valence-corrected chi connectivity index (χ2v) is 14.8. The van der Waals surface area contributed by atoms with Crippen LogP contribution in [0, 0.1) is 54.3 Å². The van der Waals surface area contributed by atoms with E-state index in [1.165, 1.54) is 18.5 Å². The van der Waals surface area contributed by atoms with E-state index in [4.69, 9.17) is 9.47 Å². The SMILES string of the molecule is Cc1c(C#CC2CC2C2CC2C#Cc2ccc(Cn3c(C(F)(F)F)cc(OCc4ncccn4)cc3=O)cc2)ccnc1C(C)n1ccc(OCc2ncccn2)cc1=O. The van der Waals surface area contributed by atoms with Gasteiger partial charge in [0.25, 0.3) is 11.1 Å². The molecule has 5 unspecified atom stereocenters. The van der Waals surface area contributed by atoms with Crippen molar-refractivity contribution in [3.63, 3.8) is 0 Å². The summed E-state index contributed by atoms with van der Waals surface area (Å²) in [6.07, 6.45) is 6.92. The van der Waals surface area contributed by atoms with E-state index in [2.05, 4.69) is 48.6 Å². The van der Waals surface area contributed by atoms with Gasteiger partial charge in [0.2, 0.25) is 0 Å². The Labute approximate surface area is 343 Å². The van der Waals surface area contributed by atoms with Crippen LogP contribution in [0.15, 0.2) is 114 Å². The van der Waals surface area contributed by atoms with E-state index in [0.717, 1.165) is 47.4 Å². The van der Waals surface area contributed by atoms with E-state index in [1.807, 2.05) is 19.9 Å². The first-order chi connectivity index (χ1) is 29.0. The van der Waals surface area contributed by atoms with Crippen LogP contribution in [-0.4, -0.2) is 34.1 Å². The summed E-state index contributed by atoms with van der Waals surface area (Å²) in [7, 11) is 0. The van der Waals surface area contributed by atoms with Crippen molar-refractivity contribution in [1.29, 1.82) is 0 Å². The Morgan fingerprint density at radius 1 is 0.750 bits per heavy atom. The molecule has 0 spiro atoms. The molecule has 0 bridgehead atoms. The monoisotopic (exact) mass is 809 g/mol. The second kappa shape index (κ2) is 17.0. The number of benzene rings is 1. The minimum absolute atomic E-state index is 0.156. The van der Waals surface area contributed by atoms with Crippen molar-refractivity contribution < 1.29 is 22.6 Å². The first-order valence-corrected chi connectivity index (χ1v) is 19.4. The summed E-state index contributed by atoms with van der Waals surface area (Å²) in [4.78, 5) is 46.8. The van der Waals surface area contributed by atoms with Crippen LogP contribution in [-0.2, 0) is 25.9 Å². The van der Waals surface area contributed by atoms with Crippen molar-refractivity contribution in [2.24, 2.45) is 23.7 Å². The molecule has 0 radical (unpaired) electrons. The second-order valence-electron chi connectivity index (χ2n) is 14.8. The van der Waals surface area contributed by atoms with Gasteiger partial charge in [-0.1, -0.05) is 35.8 Å². The lowest BCUT2D eigenvalue weighted by Gasteiger charge is -2.18. The zero-order valence-corrected chi connectivity index (χ0v) is 32.6. The predicted molar refractivity (Wildman–Crippen MR) is 214 cm³/mol. The van der Waals surface area contributed by atoms with Crippen molar-refractivity contribution in [2.75, 3.05) is 0 Å². The molecule has 11 nitrogen and oxygen atoms in total. The molecule has 8 rings (SSSR count). The van der Waals surface area contributed by atoms with Crippen LogP contribution >= 0.6 is 0 Å². The lowest BCUT2D eigenvalue weighted by molar-refractivity contribution is -0.144. The summed E-state index contributed by atoms with van der Waals surface area (Å²) in [5, 5.41) is 0. The van der Waals surface area contributed by atoms with Crippen LogP contribution in [0.4, 0.5) is 13.2 Å². The number of aromatic nitrogens is 7. The Morgan fingerprint density at radius 3 is 1.97 bits per heavy atom. The summed E-state index contributed by atoms with van der Waals surface area (Å²) >= 11 is 0. The smallest absolute Gasteiger partial charge is 0.431 e. The zero-order valence-electron chi connectivity index (χ0n) is 32.6. The Balaban J connectivity index is 0.851. The fraction of sp³-hybridized carbons (Fsp3) is 0.283. The van der Waals surface area contributed by atoms with Gasteiger partial charge in [0.1, 0.15) is 30.4 Å². The summed E-state index contributed by atoms with van der Waals surface area (Å²) in [5.74, 6) is 16.0. The fourth-order valence-electron chi connectivity index (χ4n) is 7.21. The van der Waals surface area contributed by atoms with Crippen molar-refractivity contribution in [3.8, 4) is 35.2 Å². The Morgan fingerprint density at radius 2 is 1.35 bits per heavy atom. The average Bonchev–Trinajstić information content (AvgIpc) is 4.19. The number of alkyl halides is 3. The molecule has 1 aromatic carbocycles. The number of ether oxygens (including phenoxy) is 2. The van der Waals surface area contributed by atoms with Crippen LogP contribution < -0.4 is 20.6 Å². The van der Waals surface area contributed by atoms with Crippen LogP contribution in [0.3, 0.4) is 0 Å². The van der Waals surface area contributed by atoms with Crippen LogP contribution in [0.5, 0.6) is 11.5 Å². The Hall–Kier alpha value is -7.06. The highest BCUT2D eigenvalue weighted by Crippen LogP contribution is 2.57. The number of rotatable bonds is 11. The van der Waals surface area contributed by atoms with Crippen molar-refractivity contribution >= 4 is 0 Å². The Kier molecular flexibility index (Phi) is 11.3. The standard InChI is InChI=1S/C46H38F3N7O4/c1-29-33(13-19-54-45(29)30(2)55-20-14-36(24-43(55)57)59-27-41-50-15-3-16-51-41)11-12-35-22-39(35)38-21-34(38)10-9-31-5-7-32(8-6-31)26-56-40(46(47,48)49)23-37(25-44(56)58)60-28-42-52-17-4-18-53-42/h3-8,13-20,23-25,30,34-35,38-39H,21-22,26-28H2,1-2H3. The van der Waals surface area contributed by atoms with E-state index in [-0.39, 0.29) is 54.8 Å². The molecule has 2 aliphatic carbocycles. The number of halogens is 3. The summed E-state index contributed by atoms with van der Waals surface area (Å²) in [5.41, 5.74) is 1.68. The molecule has 60 heavy (non-hydrogen) atoms. The van der Waals surface area contributed by atoms with Crippen LogP contribution in [0.1, 0.15) is 71.1 Å². The molecule has 5 atom stereocenters. The first-order valence-electron chi connectivity index (χ1n) is 19.4. The van der Waals surface area contributed by atoms with Crippen molar-refractivity contribution in [2.45, 2.75) is 58.7 Å². The van der Waals surface area contributed by atoms with Crippen LogP contribution in [0.2, 0.25) is 0 Å². The molecule has 6 aromatic rings. The molecule has 2 aliphatic rings. The molecule has 302 valence electrons. The van der Waals surface area contributed by atoms with Gasteiger partial charge in [-0.25, -0.2) is 19.9 Å². The van der Waals surface area contributed by atoms with E-state index < -0.39 is 17.4 Å². The molecular formula is C46H38F3N7O4. The van der Waals surface area contributed by atoms with Gasteiger partial charge in [-0.05, 0) is 86.1 Å². The van der Waals surface area contributed by atoms with Gasteiger partial charge >= 0.3 is 6.18 Å². The first kappa shape index (κ1) is 39.8. The number of nitrogens with zero attached hydrogens (tertiary/aromatic N) is 7. The normalized spacial score (nSPS) is 18.3. The number of hydrogen-bond acceptors (Lipinski definition) is 9. The van der Waals surface area contributed by atoms with Crippen molar-refractivity contribution in [1.82, 2.24) is 34.1 Å². The van der Waals surface area contributed by atoms with Gasteiger partial charge in [-0.3, -0.25) is 19.1 Å². The summed E-state index contributed by atoms with van der Waals surface area (Å²) < 4.78 is 55.6. The predicted octanol–water partition coefficient (Wildman–Crippen LogP) is 6.80. The molecule has 2 saturated carbocycles. The summed E-state index contributed by atoms with van der Waals surface area (Å²) in [6.45, 7) is 3.62. The van der Waals surface area contributed by atoms with E-state index in [1.54, 1.807) is 71.8 Å². The van der Waals surface area contributed by atoms with Crippen molar-refractivity contribution in [3.05, 3.63) is 170 Å². The third kappa shape index (κ3) is 9.45. The number of pyridine rings is 3. The molecule has 0 aliphatic heterocycles. The molecule has 5 aromatic heterocycles. The van der Waals surface area contributed by atoms with Gasteiger partial charge in [0, 0.05) is 78.3 Å². The lowest BCUT2D eigenvalue weighted by Crippen LogP contribution is -2.28. The molecule has 0 N–H and O–H groups in total. The van der Waals surface area contributed by atoms with Gasteiger partial charge < -0.3 is 14.0 Å². The molecule has 2 fully saturated rings. The Bertz CT molecular complexity index is 2750. The van der Waals surface area contributed by atoms with Crippen LogP contribution in [0.25, 0.3) is 0 Å². The average molecular weight is 810 g/mol. The topological polar surface area (TPSA) is 127 Å². The quantitative estimate of drug-likeness (QED) is 0.130.